The van der Waals surface area contributed by atoms with Crippen molar-refractivity contribution in [2.24, 2.45) is 0 Å². The van der Waals surface area contributed by atoms with Gasteiger partial charge < -0.3 is 5.32 Å². The van der Waals surface area contributed by atoms with Crippen LogP contribution in [-0.4, -0.2) is 15.8 Å². The van der Waals surface area contributed by atoms with E-state index in [0.29, 0.717) is 40.9 Å². The monoisotopic (exact) mass is 529 g/mol. The number of rotatable bonds is 9. The maximum atomic E-state index is 13.2. The van der Waals surface area contributed by atoms with Crippen LogP contribution in [0.15, 0.2) is 84.2 Å². The molecule has 0 saturated carbocycles. The summed E-state index contributed by atoms with van der Waals surface area (Å²) in [5.74, 6) is -0.275. The molecule has 186 valence electrons. The van der Waals surface area contributed by atoms with Crippen molar-refractivity contribution in [3.63, 3.8) is 0 Å². The van der Waals surface area contributed by atoms with Crippen LogP contribution in [0.3, 0.4) is 0 Å². The zero-order chi connectivity index (χ0) is 25.5. The third kappa shape index (κ3) is 7.40. The zero-order valence-electron chi connectivity index (χ0n) is 19.1. The van der Waals surface area contributed by atoms with Crippen molar-refractivity contribution in [2.75, 3.05) is 0 Å². The molecule has 36 heavy (non-hydrogen) atoms. The summed E-state index contributed by atoms with van der Waals surface area (Å²) < 4.78 is 39.6. The SMILES string of the molecule is O=C(NCc1ccccc1)c1csc(CN(Cc2ccc(Cl)cc2)Cc2cccc(C(F)(F)F)c2)n1. The summed E-state index contributed by atoms with van der Waals surface area (Å²) in [7, 11) is 0. The Bertz CT molecular complexity index is 1290. The normalized spacial score (nSPS) is 11.6. The molecule has 1 amide bonds. The number of alkyl halides is 3. The minimum absolute atomic E-state index is 0.275. The van der Waals surface area contributed by atoms with Crippen LogP contribution in [0.5, 0.6) is 0 Å². The first-order valence-electron chi connectivity index (χ1n) is 11.2. The molecular weight excluding hydrogens is 507 g/mol. The molecule has 0 aliphatic carbocycles. The van der Waals surface area contributed by atoms with Crippen LogP contribution in [0.25, 0.3) is 0 Å². The number of aromatic nitrogens is 1. The molecule has 0 aliphatic heterocycles. The van der Waals surface area contributed by atoms with Gasteiger partial charge in [-0.15, -0.1) is 11.3 Å². The van der Waals surface area contributed by atoms with Crippen molar-refractivity contribution in [3.8, 4) is 0 Å². The number of nitrogens with zero attached hydrogens (tertiary/aromatic N) is 2. The molecule has 1 heterocycles. The summed E-state index contributed by atoms with van der Waals surface area (Å²) in [6.07, 6.45) is -4.41. The van der Waals surface area contributed by atoms with Gasteiger partial charge in [-0.1, -0.05) is 72.3 Å². The summed E-state index contributed by atoms with van der Waals surface area (Å²) in [5.41, 5.74) is 2.12. The number of carbonyl (C=O) groups is 1. The van der Waals surface area contributed by atoms with Gasteiger partial charge in [-0.2, -0.15) is 13.2 Å². The lowest BCUT2D eigenvalue weighted by Crippen LogP contribution is -2.24. The van der Waals surface area contributed by atoms with Gasteiger partial charge in [-0.05, 0) is 34.9 Å². The molecular formula is C27H23ClF3N3OS. The van der Waals surface area contributed by atoms with Gasteiger partial charge in [-0.3, -0.25) is 9.69 Å². The highest BCUT2D eigenvalue weighted by Gasteiger charge is 2.30. The molecule has 1 N–H and O–H groups in total. The van der Waals surface area contributed by atoms with Crippen LogP contribution in [-0.2, 0) is 32.4 Å². The van der Waals surface area contributed by atoms with Gasteiger partial charge in [0.2, 0.25) is 0 Å². The van der Waals surface area contributed by atoms with E-state index in [0.717, 1.165) is 17.2 Å². The third-order valence-corrected chi connectivity index (χ3v) is 6.50. The van der Waals surface area contributed by atoms with E-state index in [-0.39, 0.29) is 12.5 Å². The Balaban J connectivity index is 1.47. The molecule has 0 bridgehead atoms. The largest absolute Gasteiger partial charge is 0.416 e. The number of benzene rings is 3. The van der Waals surface area contributed by atoms with E-state index in [1.54, 1.807) is 23.6 Å². The van der Waals surface area contributed by atoms with Crippen molar-refractivity contribution in [1.82, 2.24) is 15.2 Å². The second-order valence-corrected chi connectivity index (χ2v) is 9.64. The number of halogens is 4. The molecule has 0 aliphatic rings. The molecule has 0 spiro atoms. The second kappa shape index (κ2) is 11.7. The molecule has 0 unspecified atom stereocenters. The lowest BCUT2D eigenvalue weighted by atomic mass is 10.1. The summed E-state index contributed by atoms with van der Waals surface area (Å²) in [4.78, 5) is 19.0. The zero-order valence-corrected chi connectivity index (χ0v) is 20.7. The van der Waals surface area contributed by atoms with Crippen molar-refractivity contribution in [3.05, 3.63) is 122 Å². The Morgan fingerprint density at radius 3 is 2.31 bits per heavy atom. The number of thiazole rings is 1. The van der Waals surface area contributed by atoms with E-state index >= 15 is 0 Å². The molecule has 0 atom stereocenters. The average molecular weight is 530 g/mol. The predicted molar refractivity (Wildman–Crippen MR) is 136 cm³/mol. The molecule has 4 aromatic rings. The summed E-state index contributed by atoms with van der Waals surface area (Å²) >= 11 is 7.34. The molecule has 4 nitrogen and oxygen atoms in total. The Morgan fingerprint density at radius 2 is 1.58 bits per heavy atom. The highest BCUT2D eigenvalue weighted by atomic mass is 35.5. The van der Waals surface area contributed by atoms with Gasteiger partial charge >= 0.3 is 6.18 Å². The molecule has 1 aromatic heterocycles. The van der Waals surface area contributed by atoms with Gasteiger partial charge in [0.1, 0.15) is 10.7 Å². The third-order valence-electron chi connectivity index (χ3n) is 5.42. The van der Waals surface area contributed by atoms with E-state index in [1.165, 1.54) is 23.5 Å². The minimum Gasteiger partial charge on any atom is -0.347 e. The smallest absolute Gasteiger partial charge is 0.347 e. The molecule has 0 radical (unpaired) electrons. The maximum absolute atomic E-state index is 13.2. The lowest BCUT2D eigenvalue weighted by molar-refractivity contribution is -0.137. The van der Waals surface area contributed by atoms with Crippen molar-refractivity contribution < 1.29 is 18.0 Å². The van der Waals surface area contributed by atoms with Gasteiger partial charge in [0.15, 0.2) is 0 Å². The summed E-state index contributed by atoms with van der Waals surface area (Å²) in [6.45, 7) is 1.52. The fraction of sp³-hybridized carbons (Fsp3) is 0.185. The van der Waals surface area contributed by atoms with Gasteiger partial charge in [0.25, 0.3) is 5.91 Å². The van der Waals surface area contributed by atoms with E-state index in [1.807, 2.05) is 47.4 Å². The number of carbonyl (C=O) groups excluding carboxylic acids is 1. The van der Waals surface area contributed by atoms with Crippen LogP contribution in [0, 0.1) is 0 Å². The van der Waals surface area contributed by atoms with Crippen LogP contribution >= 0.6 is 22.9 Å². The predicted octanol–water partition coefficient (Wildman–Crippen LogP) is 6.95. The van der Waals surface area contributed by atoms with Crippen LogP contribution in [0.4, 0.5) is 13.2 Å². The van der Waals surface area contributed by atoms with E-state index < -0.39 is 11.7 Å². The summed E-state index contributed by atoms with van der Waals surface area (Å²) in [6, 6.07) is 22.2. The lowest BCUT2D eigenvalue weighted by Gasteiger charge is -2.22. The molecule has 0 fully saturated rings. The van der Waals surface area contributed by atoms with Crippen LogP contribution < -0.4 is 5.32 Å². The van der Waals surface area contributed by atoms with E-state index in [2.05, 4.69) is 10.3 Å². The standard InChI is InChI=1S/C27H23ClF3N3OS/c28-23-11-9-20(10-12-23)15-34(16-21-7-4-8-22(13-21)27(29,30)31)17-25-33-24(18-36-25)26(35)32-14-19-5-2-1-3-6-19/h1-13,18H,14-17H2,(H,32,35). The van der Waals surface area contributed by atoms with Crippen molar-refractivity contribution in [1.29, 1.82) is 0 Å². The van der Waals surface area contributed by atoms with Crippen LogP contribution in [0.2, 0.25) is 5.02 Å². The van der Waals surface area contributed by atoms with Crippen LogP contribution in [0.1, 0.15) is 37.7 Å². The number of nitrogens with one attached hydrogen (secondary N) is 1. The Morgan fingerprint density at radius 1 is 0.889 bits per heavy atom. The van der Waals surface area contributed by atoms with Crippen molar-refractivity contribution >= 4 is 28.8 Å². The molecule has 9 heteroatoms. The first kappa shape index (κ1) is 25.9. The van der Waals surface area contributed by atoms with Gasteiger partial charge in [0.05, 0.1) is 12.1 Å². The fourth-order valence-corrected chi connectivity index (χ4v) is 4.61. The van der Waals surface area contributed by atoms with Gasteiger partial charge in [-0.25, -0.2) is 4.98 Å². The first-order valence-corrected chi connectivity index (χ1v) is 12.4. The average Bonchev–Trinajstić information content (AvgIpc) is 3.33. The molecule has 0 saturated heterocycles. The number of amides is 1. The number of hydrogen-bond acceptors (Lipinski definition) is 4. The molecule has 4 rings (SSSR count). The second-order valence-electron chi connectivity index (χ2n) is 8.26. The highest BCUT2D eigenvalue weighted by molar-refractivity contribution is 7.09. The van der Waals surface area contributed by atoms with Crippen molar-refractivity contribution in [2.45, 2.75) is 32.4 Å². The minimum atomic E-state index is -4.41. The van der Waals surface area contributed by atoms with E-state index in [9.17, 15) is 18.0 Å². The quantitative estimate of drug-likeness (QED) is 0.255. The number of hydrogen-bond donors (Lipinski definition) is 1. The molecule has 3 aromatic carbocycles. The Labute approximate surface area is 216 Å². The van der Waals surface area contributed by atoms with E-state index in [4.69, 9.17) is 11.6 Å². The first-order chi connectivity index (χ1) is 17.3. The topological polar surface area (TPSA) is 45.2 Å². The highest BCUT2D eigenvalue weighted by Crippen LogP contribution is 2.30. The summed E-state index contributed by atoms with van der Waals surface area (Å²) in [5, 5.41) is 5.86. The fourth-order valence-electron chi connectivity index (χ4n) is 3.67. The Hall–Kier alpha value is -3.20. The maximum Gasteiger partial charge on any atom is 0.416 e. The van der Waals surface area contributed by atoms with Gasteiger partial charge in [0, 0.05) is 30.0 Å². The Kier molecular flexibility index (Phi) is 8.40.